The van der Waals surface area contributed by atoms with Gasteiger partial charge in [0.15, 0.2) is 0 Å². The van der Waals surface area contributed by atoms with Gasteiger partial charge in [-0.15, -0.1) is 11.8 Å². The number of carbonyl (C=O) groups excluding carboxylic acids is 2. The van der Waals surface area contributed by atoms with Crippen LogP contribution >= 0.6 is 11.8 Å². The zero-order chi connectivity index (χ0) is 19.8. The summed E-state index contributed by atoms with van der Waals surface area (Å²) in [5.74, 6) is 0.839. The number of nitrogens with zero attached hydrogens (tertiary/aromatic N) is 1. The maximum Gasteiger partial charge on any atom is 0.255 e. The fraction of sp³-hybridized carbons (Fsp3) is 0.0909. The number of rotatable bonds is 4. The largest absolute Gasteiger partial charge is 0.467 e. The van der Waals surface area contributed by atoms with Crippen molar-refractivity contribution in [2.45, 2.75) is 11.4 Å². The molecule has 2 aromatic heterocycles. The number of para-hydroxylation sites is 1. The molecule has 0 spiro atoms. The average molecular weight is 403 g/mol. The number of nitrogens with one attached hydrogen (secondary N) is 2. The highest BCUT2D eigenvalue weighted by atomic mass is 32.2. The van der Waals surface area contributed by atoms with Crippen LogP contribution in [-0.4, -0.2) is 22.6 Å². The third-order valence-electron chi connectivity index (χ3n) is 4.90. The molecule has 2 aromatic carbocycles. The molecule has 0 fully saturated rings. The van der Waals surface area contributed by atoms with E-state index in [1.54, 1.807) is 35.6 Å². The van der Waals surface area contributed by atoms with Gasteiger partial charge in [-0.3, -0.25) is 9.59 Å². The first-order valence-corrected chi connectivity index (χ1v) is 10.1. The number of anilines is 2. The third-order valence-corrected chi connectivity index (χ3v) is 5.94. The summed E-state index contributed by atoms with van der Waals surface area (Å²) >= 11 is 1.48. The molecule has 1 aliphatic heterocycles. The van der Waals surface area contributed by atoms with E-state index in [1.165, 1.54) is 11.8 Å². The van der Waals surface area contributed by atoms with E-state index < -0.39 is 0 Å². The standard InChI is InChI=1S/C22H17N3O3S/c26-21-13-29-20-8-7-14(10-19(20)25(21)12-15-4-3-9-28-15)22(27)24-18-11-23-17-6-2-1-5-16(17)18/h1-11,23H,12-13H2,(H,24,27). The number of benzene rings is 2. The Hall–Kier alpha value is -3.45. The molecule has 0 radical (unpaired) electrons. The minimum absolute atomic E-state index is 0.00640. The van der Waals surface area contributed by atoms with Gasteiger partial charge in [-0.1, -0.05) is 18.2 Å². The number of amides is 2. The molecule has 144 valence electrons. The van der Waals surface area contributed by atoms with Crippen LogP contribution in [0.3, 0.4) is 0 Å². The highest BCUT2D eigenvalue weighted by molar-refractivity contribution is 8.00. The highest BCUT2D eigenvalue weighted by Crippen LogP contribution is 2.37. The smallest absolute Gasteiger partial charge is 0.255 e. The van der Waals surface area contributed by atoms with Gasteiger partial charge in [0.1, 0.15) is 5.76 Å². The van der Waals surface area contributed by atoms with Gasteiger partial charge in [0.05, 0.1) is 29.9 Å². The predicted octanol–water partition coefficient (Wildman–Crippen LogP) is 4.65. The monoisotopic (exact) mass is 403 g/mol. The Kier molecular flexibility index (Phi) is 4.37. The van der Waals surface area contributed by atoms with Crippen molar-refractivity contribution in [2.75, 3.05) is 16.0 Å². The van der Waals surface area contributed by atoms with Gasteiger partial charge in [-0.2, -0.15) is 0 Å². The number of aromatic nitrogens is 1. The lowest BCUT2D eigenvalue weighted by Crippen LogP contribution is -2.34. The molecular formula is C22H17N3O3S. The molecule has 0 saturated carbocycles. The molecule has 2 amide bonds. The van der Waals surface area contributed by atoms with Crippen molar-refractivity contribution in [3.8, 4) is 0 Å². The third kappa shape index (κ3) is 3.30. The highest BCUT2D eigenvalue weighted by Gasteiger charge is 2.26. The Morgan fingerprint density at radius 2 is 2.07 bits per heavy atom. The van der Waals surface area contributed by atoms with Crippen LogP contribution in [0.1, 0.15) is 16.1 Å². The molecule has 0 bridgehead atoms. The number of furan rings is 1. The minimum atomic E-state index is -0.224. The van der Waals surface area contributed by atoms with Crippen molar-refractivity contribution in [2.24, 2.45) is 0 Å². The van der Waals surface area contributed by atoms with E-state index in [2.05, 4.69) is 10.3 Å². The van der Waals surface area contributed by atoms with Gasteiger partial charge in [0.25, 0.3) is 5.91 Å². The van der Waals surface area contributed by atoms with E-state index in [4.69, 9.17) is 4.42 Å². The second kappa shape index (κ2) is 7.18. The van der Waals surface area contributed by atoms with Gasteiger partial charge >= 0.3 is 0 Å². The molecule has 4 aromatic rings. The quantitative estimate of drug-likeness (QED) is 0.520. The summed E-state index contributed by atoms with van der Waals surface area (Å²) in [6, 6.07) is 16.9. The fourth-order valence-electron chi connectivity index (χ4n) is 3.44. The molecule has 0 aliphatic carbocycles. The molecule has 0 unspecified atom stereocenters. The Morgan fingerprint density at radius 1 is 1.17 bits per heavy atom. The summed E-state index contributed by atoms with van der Waals surface area (Å²) in [5, 5.41) is 3.91. The zero-order valence-electron chi connectivity index (χ0n) is 15.3. The van der Waals surface area contributed by atoms with Crippen LogP contribution in [0.2, 0.25) is 0 Å². The number of fused-ring (bicyclic) bond motifs is 2. The lowest BCUT2D eigenvalue weighted by atomic mass is 10.1. The minimum Gasteiger partial charge on any atom is -0.467 e. The van der Waals surface area contributed by atoms with Crippen molar-refractivity contribution < 1.29 is 14.0 Å². The Morgan fingerprint density at radius 3 is 2.93 bits per heavy atom. The topological polar surface area (TPSA) is 78.3 Å². The Balaban J connectivity index is 1.45. The Bertz CT molecular complexity index is 1210. The lowest BCUT2D eigenvalue weighted by Gasteiger charge is -2.28. The molecule has 0 atom stereocenters. The summed E-state index contributed by atoms with van der Waals surface area (Å²) in [6.07, 6.45) is 3.37. The molecule has 5 rings (SSSR count). The van der Waals surface area contributed by atoms with E-state index in [-0.39, 0.29) is 11.8 Å². The lowest BCUT2D eigenvalue weighted by molar-refractivity contribution is -0.116. The van der Waals surface area contributed by atoms with Crippen LogP contribution in [-0.2, 0) is 11.3 Å². The van der Waals surface area contributed by atoms with Crippen molar-refractivity contribution in [3.05, 3.63) is 78.4 Å². The van der Waals surface area contributed by atoms with E-state index in [0.29, 0.717) is 23.6 Å². The second-order valence-corrected chi connectivity index (χ2v) is 7.75. The van der Waals surface area contributed by atoms with Gasteiger partial charge < -0.3 is 19.6 Å². The molecule has 29 heavy (non-hydrogen) atoms. The molecule has 7 heteroatoms. The van der Waals surface area contributed by atoms with E-state index >= 15 is 0 Å². The zero-order valence-corrected chi connectivity index (χ0v) is 16.2. The van der Waals surface area contributed by atoms with Crippen LogP contribution < -0.4 is 10.2 Å². The molecule has 6 nitrogen and oxygen atoms in total. The van der Waals surface area contributed by atoms with Crippen LogP contribution in [0.25, 0.3) is 10.9 Å². The number of hydrogen-bond acceptors (Lipinski definition) is 4. The first-order chi connectivity index (χ1) is 14.2. The van der Waals surface area contributed by atoms with E-state index in [0.717, 1.165) is 27.2 Å². The molecule has 0 saturated heterocycles. The van der Waals surface area contributed by atoms with Crippen LogP contribution in [0.5, 0.6) is 0 Å². The summed E-state index contributed by atoms with van der Waals surface area (Å²) in [7, 11) is 0. The summed E-state index contributed by atoms with van der Waals surface area (Å²) < 4.78 is 5.40. The maximum atomic E-state index is 12.9. The average Bonchev–Trinajstić information content (AvgIpc) is 3.40. The fourth-order valence-corrected chi connectivity index (χ4v) is 4.36. The van der Waals surface area contributed by atoms with Crippen molar-refractivity contribution in [1.82, 2.24) is 4.98 Å². The number of thioether (sulfide) groups is 1. The van der Waals surface area contributed by atoms with Crippen LogP contribution in [0.4, 0.5) is 11.4 Å². The first-order valence-electron chi connectivity index (χ1n) is 9.16. The van der Waals surface area contributed by atoms with E-state index in [1.807, 2.05) is 36.4 Å². The number of aromatic amines is 1. The van der Waals surface area contributed by atoms with Gasteiger partial charge in [0, 0.05) is 27.6 Å². The van der Waals surface area contributed by atoms with Gasteiger partial charge in [-0.25, -0.2) is 0 Å². The number of H-pyrrole nitrogens is 1. The van der Waals surface area contributed by atoms with Crippen molar-refractivity contribution in [3.63, 3.8) is 0 Å². The number of carbonyl (C=O) groups is 2. The van der Waals surface area contributed by atoms with Gasteiger partial charge in [0.2, 0.25) is 5.91 Å². The summed E-state index contributed by atoms with van der Waals surface area (Å²) in [5.41, 5.74) is 2.91. The summed E-state index contributed by atoms with van der Waals surface area (Å²) in [4.78, 5) is 31.2. The summed E-state index contributed by atoms with van der Waals surface area (Å²) in [6.45, 7) is 0.340. The molecule has 2 N–H and O–H groups in total. The second-order valence-electron chi connectivity index (χ2n) is 6.73. The van der Waals surface area contributed by atoms with Crippen molar-refractivity contribution in [1.29, 1.82) is 0 Å². The molecular weight excluding hydrogens is 386 g/mol. The van der Waals surface area contributed by atoms with Crippen molar-refractivity contribution >= 4 is 45.9 Å². The Labute approximate surface area is 170 Å². The normalized spacial score (nSPS) is 13.5. The molecule has 3 heterocycles. The maximum absolute atomic E-state index is 12.9. The predicted molar refractivity (Wildman–Crippen MR) is 113 cm³/mol. The number of hydrogen-bond donors (Lipinski definition) is 2. The van der Waals surface area contributed by atoms with Crippen LogP contribution in [0.15, 0.2) is 76.4 Å². The first kappa shape index (κ1) is 17.6. The molecule has 1 aliphatic rings. The van der Waals surface area contributed by atoms with Gasteiger partial charge in [-0.05, 0) is 36.4 Å². The van der Waals surface area contributed by atoms with Crippen LogP contribution in [0, 0.1) is 0 Å². The SMILES string of the molecule is O=C(Nc1c[nH]c2ccccc12)c1ccc2c(c1)N(Cc1ccco1)C(=O)CS2. The van der Waals surface area contributed by atoms with E-state index in [9.17, 15) is 9.59 Å².